The molecular weight excluding hydrogens is 467 g/mol. The Kier molecular flexibility index (Phi) is 6.59. The lowest BCUT2D eigenvalue weighted by Crippen LogP contribution is -2.36. The Labute approximate surface area is 197 Å². The molecule has 35 heavy (non-hydrogen) atoms. The molecule has 4 aromatic rings. The third-order valence-electron chi connectivity index (χ3n) is 5.19. The normalized spacial score (nSPS) is 11.6. The number of halogens is 3. The third-order valence-corrected chi connectivity index (χ3v) is 5.19. The number of esters is 1. The second-order valence-corrected chi connectivity index (χ2v) is 7.64. The van der Waals surface area contributed by atoms with Crippen LogP contribution in [0.4, 0.5) is 13.2 Å². The molecule has 3 heterocycles. The van der Waals surface area contributed by atoms with E-state index < -0.39 is 30.2 Å². The maximum absolute atomic E-state index is 13.7. The minimum Gasteiger partial charge on any atom is -0.465 e. The van der Waals surface area contributed by atoms with E-state index >= 15 is 0 Å². The Morgan fingerprint density at radius 3 is 2.51 bits per heavy atom. The standard InChI is InChI=1S/C24H20F3N3O5/c1-3-33-20(31)13-30(12-15-6-8-16(9-7-15)24(25,26)27)23(32)17-11-18(19-5-4-10-34-19)28-22-21(17)14(2)29-35-22/h4-11H,3,12-13H2,1-2H3. The van der Waals surface area contributed by atoms with E-state index in [2.05, 4.69) is 10.1 Å². The van der Waals surface area contributed by atoms with Gasteiger partial charge in [-0.15, -0.1) is 0 Å². The van der Waals surface area contributed by atoms with Crippen LogP contribution in [0.25, 0.3) is 22.6 Å². The lowest BCUT2D eigenvalue weighted by atomic mass is 10.1. The number of nitrogens with zero attached hydrogens (tertiary/aromatic N) is 3. The van der Waals surface area contributed by atoms with Crippen molar-refractivity contribution in [3.63, 3.8) is 0 Å². The van der Waals surface area contributed by atoms with Crippen molar-refractivity contribution in [3.05, 3.63) is 71.1 Å². The molecule has 0 saturated carbocycles. The highest BCUT2D eigenvalue weighted by Crippen LogP contribution is 2.30. The van der Waals surface area contributed by atoms with Gasteiger partial charge in [0.05, 0.1) is 35.1 Å². The molecule has 4 rings (SSSR count). The summed E-state index contributed by atoms with van der Waals surface area (Å²) in [5, 5.41) is 4.24. The molecule has 3 aromatic heterocycles. The molecule has 0 aliphatic rings. The summed E-state index contributed by atoms with van der Waals surface area (Å²) < 4.78 is 54.5. The zero-order valence-corrected chi connectivity index (χ0v) is 18.8. The second-order valence-electron chi connectivity index (χ2n) is 7.64. The summed E-state index contributed by atoms with van der Waals surface area (Å²) in [6.07, 6.45) is -3.04. The molecule has 0 aliphatic heterocycles. The number of pyridine rings is 1. The SMILES string of the molecule is CCOC(=O)CN(Cc1ccc(C(F)(F)F)cc1)C(=O)c1cc(-c2ccco2)nc2onc(C)c12. The van der Waals surface area contributed by atoms with E-state index in [1.807, 2.05) is 0 Å². The first-order valence-corrected chi connectivity index (χ1v) is 10.6. The van der Waals surface area contributed by atoms with Crippen molar-refractivity contribution in [2.45, 2.75) is 26.6 Å². The summed E-state index contributed by atoms with van der Waals surface area (Å²) in [5.74, 6) is -0.856. The number of aryl methyl sites for hydroxylation is 1. The molecule has 0 bridgehead atoms. The van der Waals surface area contributed by atoms with Crippen molar-refractivity contribution < 1.29 is 36.4 Å². The summed E-state index contributed by atoms with van der Waals surface area (Å²) >= 11 is 0. The summed E-state index contributed by atoms with van der Waals surface area (Å²) in [6.45, 7) is 2.82. The van der Waals surface area contributed by atoms with Crippen molar-refractivity contribution in [2.24, 2.45) is 0 Å². The Balaban J connectivity index is 1.74. The maximum atomic E-state index is 13.7. The fraction of sp³-hybridized carbons (Fsp3) is 0.250. The number of alkyl halides is 3. The molecule has 0 fully saturated rings. The topological polar surface area (TPSA) is 98.7 Å². The molecule has 0 N–H and O–H groups in total. The van der Waals surface area contributed by atoms with E-state index in [4.69, 9.17) is 13.7 Å². The Bertz CT molecular complexity index is 1350. The summed E-state index contributed by atoms with van der Waals surface area (Å²) in [4.78, 5) is 31.5. The van der Waals surface area contributed by atoms with Crippen LogP contribution in [0.15, 0.2) is 57.7 Å². The van der Waals surface area contributed by atoms with Crippen molar-refractivity contribution in [1.82, 2.24) is 15.0 Å². The average molecular weight is 487 g/mol. The van der Waals surface area contributed by atoms with E-state index in [0.29, 0.717) is 28.1 Å². The number of ether oxygens (including phenoxy) is 1. The van der Waals surface area contributed by atoms with Crippen LogP contribution in [0.3, 0.4) is 0 Å². The van der Waals surface area contributed by atoms with Gasteiger partial charge in [-0.2, -0.15) is 13.2 Å². The van der Waals surface area contributed by atoms with Gasteiger partial charge in [0.25, 0.3) is 11.6 Å². The average Bonchev–Trinajstić information content (AvgIpc) is 3.48. The van der Waals surface area contributed by atoms with Crippen LogP contribution >= 0.6 is 0 Å². The Morgan fingerprint density at radius 2 is 1.89 bits per heavy atom. The molecule has 182 valence electrons. The fourth-order valence-corrected chi connectivity index (χ4v) is 3.57. The van der Waals surface area contributed by atoms with Gasteiger partial charge in [0.1, 0.15) is 12.2 Å². The molecule has 0 saturated heterocycles. The minimum atomic E-state index is -4.49. The van der Waals surface area contributed by atoms with Gasteiger partial charge in [-0.1, -0.05) is 17.3 Å². The van der Waals surface area contributed by atoms with Crippen LogP contribution in [0.5, 0.6) is 0 Å². The van der Waals surface area contributed by atoms with Gasteiger partial charge in [0.2, 0.25) is 0 Å². The van der Waals surface area contributed by atoms with Gasteiger partial charge in [-0.05, 0) is 49.7 Å². The number of carbonyl (C=O) groups is 2. The summed E-state index contributed by atoms with van der Waals surface area (Å²) in [5.41, 5.74) is 0.555. The lowest BCUT2D eigenvalue weighted by molar-refractivity contribution is -0.144. The molecule has 8 nitrogen and oxygen atoms in total. The van der Waals surface area contributed by atoms with E-state index in [0.717, 1.165) is 12.1 Å². The number of amides is 1. The molecule has 0 radical (unpaired) electrons. The molecular formula is C24H20F3N3O5. The predicted molar refractivity (Wildman–Crippen MR) is 117 cm³/mol. The predicted octanol–water partition coefficient (Wildman–Crippen LogP) is 5.02. The highest BCUT2D eigenvalue weighted by atomic mass is 19.4. The number of furan rings is 1. The van der Waals surface area contributed by atoms with Gasteiger partial charge in [0, 0.05) is 6.54 Å². The van der Waals surface area contributed by atoms with Crippen molar-refractivity contribution in [1.29, 1.82) is 0 Å². The van der Waals surface area contributed by atoms with E-state index in [1.165, 1.54) is 29.4 Å². The van der Waals surface area contributed by atoms with Gasteiger partial charge in [-0.25, -0.2) is 4.98 Å². The summed E-state index contributed by atoms with van der Waals surface area (Å²) in [6, 6.07) is 9.18. The first-order chi connectivity index (χ1) is 16.7. The van der Waals surface area contributed by atoms with Crippen molar-refractivity contribution >= 4 is 23.0 Å². The van der Waals surface area contributed by atoms with Crippen LogP contribution in [-0.2, 0) is 22.3 Å². The number of benzene rings is 1. The first kappa shape index (κ1) is 24.0. The van der Waals surface area contributed by atoms with Crippen molar-refractivity contribution in [2.75, 3.05) is 13.2 Å². The van der Waals surface area contributed by atoms with Crippen LogP contribution in [0, 0.1) is 6.92 Å². The van der Waals surface area contributed by atoms with Gasteiger partial charge >= 0.3 is 12.1 Å². The first-order valence-electron chi connectivity index (χ1n) is 10.6. The molecule has 11 heteroatoms. The molecule has 1 amide bonds. The van der Waals surface area contributed by atoms with Crippen LogP contribution in [0.2, 0.25) is 0 Å². The third kappa shape index (κ3) is 5.18. The number of hydrogen-bond donors (Lipinski definition) is 0. The Hall–Kier alpha value is -4.15. The number of aromatic nitrogens is 2. The van der Waals surface area contributed by atoms with Crippen LogP contribution in [0.1, 0.15) is 34.1 Å². The largest absolute Gasteiger partial charge is 0.465 e. The number of rotatable bonds is 7. The van der Waals surface area contributed by atoms with Gasteiger partial charge in [0.15, 0.2) is 5.76 Å². The van der Waals surface area contributed by atoms with Gasteiger partial charge in [-0.3, -0.25) is 9.59 Å². The Morgan fingerprint density at radius 1 is 1.14 bits per heavy atom. The maximum Gasteiger partial charge on any atom is 0.416 e. The molecule has 0 spiro atoms. The summed E-state index contributed by atoms with van der Waals surface area (Å²) in [7, 11) is 0. The van der Waals surface area contributed by atoms with Crippen LogP contribution < -0.4 is 0 Å². The van der Waals surface area contributed by atoms with Gasteiger partial charge < -0.3 is 18.6 Å². The highest BCUT2D eigenvalue weighted by molar-refractivity contribution is 6.07. The van der Waals surface area contributed by atoms with Crippen molar-refractivity contribution in [3.8, 4) is 11.5 Å². The number of fused-ring (bicyclic) bond motifs is 1. The molecule has 0 aliphatic carbocycles. The monoisotopic (exact) mass is 487 g/mol. The molecule has 0 unspecified atom stereocenters. The fourth-order valence-electron chi connectivity index (χ4n) is 3.57. The molecule has 1 aromatic carbocycles. The van der Waals surface area contributed by atoms with E-state index in [-0.39, 0.29) is 24.4 Å². The van der Waals surface area contributed by atoms with E-state index in [1.54, 1.807) is 26.0 Å². The van der Waals surface area contributed by atoms with E-state index in [9.17, 15) is 22.8 Å². The number of carbonyl (C=O) groups excluding carboxylic acids is 2. The smallest absolute Gasteiger partial charge is 0.416 e. The quantitative estimate of drug-likeness (QED) is 0.338. The highest BCUT2D eigenvalue weighted by Gasteiger charge is 2.30. The molecule has 0 atom stereocenters. The van der Waals surface area contributed by atoms with Crippen LogP contribution in [-0.4, -0.2) is 40.1 Å². The lowest BCUT2D eigenvalue weighted by Gasteiger charge is -2.22. The minimum absolute atomic E-state index is 0.102. The zero-order valence-electron chi connectivity index (χ0n) is 18.8. The second kappa shape index (κ2) is 9.61. The number of hydrogen-bond acceptors (Lipinski definition) is 7. The zero-order chi connectivity index (χ0) is 25.2.